The van der Waals surface area contributed by atoms with E-state index in [9.17, 15) is 0 Å². The van der Waals surface area contributed by atoms with Crippen molar-refractivity contribution in [1.82, 2.24) is 15.5 Å². The number of hydrogen-bond donors (Lipinski definition) is 2. The van der Waals surface area contributed by atoms with Gasteiger partial charge < -0.3 is 24.8 Å². The van der Waals surface area contributed by atoms with Crippen molar-refractivity contribution < 1.29 is 14.2 Å². The fourth-order valence-electron chi connectivity index (χ4n) is 3.50. The molecule has 1 aromatic rings. The van der Waals surface area contributed by atoms with Crippen LogP contribution in [-0.4, -0.2) is 75.5 Å². The van der Waals surface area contributed by atoms with Crippen molar-refractivity contribution in [2.24, 2.45) is 4.99 Å². The largest absolute Gasteiger partial charge is 0.488 e. The van der Waals surface area contributed by atoms with Gasteiger partial charge >= 0.3 is 0 Å². The van der Waals surface area contributed by atoms with Crippen LogP contribution in [0.2, 0.25) is 0 Å². The Kier molecular flexibility index (Phi) is 9.78. The number of benzene rings is 1. The van der Waals surface area contributed by atoms with E-state index in [0.29, 0.717) is 13.2 Å². The molecule has 3 rings (SSSR count). The van der Waals surface area contributed by atoms with Gasteiger partial charge in [-0.3, -0.25) is 9.89 Å². The van der Waals surface area contributed by atoms with Gasteiger partial charge in [0, 0.05) is 38.2 Å². The Balaban J connectivity index is 0.00000300. The van der Waals surface area contributed by atoms with Gasteiger partial charge in [0.15, 0.2) is 17.5 Å². The van der Waals surface area contributed by atoms with Crippen molar-refractivity contribution in [3.8, 4) is 11.5 Å². The van der Waals surface area contributed by atoms with Gasteiger partial charge in [-0.1, -0.05) is 12.1 Å². The van der Waals surface area contributed by atoms with E-state index in [1.807, 2.05) is 12.1 Å². The van der Waals surface area contributed by atoms with Crippen LogP contribution in [0.4, 0.5) is 0 Å². The summed E-state index contributed by atoms with van der Waals surface area (Å²) in [5.74, 6) is 2.53. The van der Waals surface area contributed by atoms with E-state index in [4.69, 9.17) is 14.2 Å². The molecule has 0 atom stereocenters. The van der Waals surface area contributed by atoms with Gasteiger partial charge in [-0.05, 0) is 26.8 Å². The lowest BCUT2D eigenvalue weighted by molar-refractivity contribution is 0.0394. The smallest absolute Gasteiger partial charge is 0.191 e. The van der Waals surface area contributed by atoms with Crippen LogP contribution in [0.1, 0.15) is 26.3 Å². The molecule has 2 heterocycles. The Labute approximate surface area is 191 Å². The number of aliphatic imine (C=N–C) groups is 1. The molecule has 0 aliphatic carbocycles. The second kappa shape index (κ2) is 11.8. The highest BCUT2D eigenvalue weighted by atomic mass is 127. The molecule has 1 fully saturated rings. The van der Waals surface area contributed by atoms with Crippen LogP contribution in [0.15, 0.2) is 23.2 Å². The third-order valence-corrected chi connectivity index (χ3v) is 4.84. The average molecular weight is 518 g/mol. The average Bonchev–Trinajstić information content (AvgIpc) is 3.00. The van der Waals surface area contributed by atoms with E-state index in [1.54, 1.807) is 0 Å². The first-order valence-corrected chi connectivity index (χ1v) is 10.3. The van der Waals surface area contributed by atoms with E-state index in [2.05, 4.69) is 47.4 Å². The zero-order valence-corrected chi connectivity index (χ0v) is 20.2. The molecule has 0 spiro atoms. The molecule has 2 N–H and O–H groups in total. The Bertz CT molecular complexity index is 663. The van der Waals surface area contributed by atoms with Gasteiger partial charge in [0.1, 0.15) is 12.2 Å². The van der Waals surface area contributed by atoms with E-state index in [-0.39, 0.29) is 29.6 Å². The zero-order chi connectivity index (χ0) is 19.8. The molecule has 164 valence electrons. The highest BCUT2D eigenvalue weighted by Crippen LogP contribution is 2.41. The minimum Gasteiger partial charge on any atom is -0.488 e. The van der Waals surface area contributed by atoms with Crippen LogP contribution < -0.4 is 20.1 Å². The van der Waals surface area contributed by atoms with Crippen LogP contribution in [0.3, 0.4) is 0 Å². The molecule has 7 nitrogen and oxygen atoms in total. The number of fused-ring (bicyclic) bond motifs is 1. The Hall–Kier alpha value is -1.26. The van der Waals surface area contributed by atoms with Crippen molar-refractivity contribution >= 4 is 29.9 Å². The number of rotatable bonds is 8. The van der Waals surface area contributed by atoms with Gasteiger partial charge in [0.25, 0.3) is 0 Å². The summed E-state index contributed by atoms with van der Waals surface area (Å²) in [6, 6.07) is 6.12. The Morgan fingerprint density at radius 3 is 2.79 bits per heavy atom. The van der Waals surface area contributed by atoms with E-state index in [1.165, 1.54) is 5.56 Å². The molecular formula is C21H35IN4O3. The van der Waals surface area contributed by atoms with Gasteiger partial charge in [-0.25, -0.2) is 0 Å². The first-order chi connectivity index (χ1) is 13.6. The first kappa shape index (κ1) is 24.0. The minimum atomic E-state index is -0.161. The molecule has 8 heteroatoms. The summed E-state index contributed by atoms with van der Waals surface area (Å²) in [5, 5.41) is 6.63. The van der Waals surface area contributed by atoms with Crippen molar-refractivity contribution in [2.75, 3.05) is 59.1 Å². The van der Waals surface area contributed by atoms with Gasteiger partial charge in [0.05, 0.1) is 26.3 Å². The lowest BCUT2D eigenvalue weighted by atomic mass is 10.0. The number of morpholine rings is 1. The predicted octanol–water partition coefficient (Wildman–Crippen LogP) is 2.28. The lowest BCUT2D eigenvalue weighted by Crippen LogP contribution is -2.41. The molecular weight excluding hydrogens is 483 g/mol. The van der Waals surface area contributed by atoms with Crippen LogP contribution >= 0.6 is 24.0 Å². The summed E-state index contributed by atoms with van der Waals surface area (Å²) < 4.78 is 17.4. The molecule has 2 aliphatic rings. The molecule has 0 unspecified atom stereocenters. The summed E-state index contributed by atoms with van der Waals surface area (Å²) in [5.41, 5.74) is 1.05. The number of guanidine groups is 1. The maximum Gasteiger partial charge on any atom is 0.191 e. The summed E-state index contributed by atoms with van der Waals surface area (Å²) in [4.78, 5) is 7.05. The maximum atomic E-state index is 6.06. The standard InChI is InChI=1S/C21H34N4O3.HI/c1-4-22-20(23-8-10-25-11-14-26-15-12-25)24-9-13-27-18-7-5-6-17-16-21(2,3)28-19(17)18;/h5-7H,4,8-16H2,1-3H3,(H2,22,23,24);1H. The second-order valence-electron chi connectivity index (χ2n) is 7.77. The van der Waals surface area contributed by atoms with Gasteiger partial charge in [-0.15, -0.1) is 24.0 Å². The van der Waals surface area contributed by atoms with Crippen molar-refractivity contribution in [3.63, 3.8) is 0 Å². The number of para-hydroxylation sites is 1. The van der Waals surface area contributed by atoms with E-state index >= 15 is 0 Å². The summed E-state index contributed by atoms with van der Waals surface area (Å²) in [7, 11) is 0. The first-order valence-electron chi connectivity index (χ1n) is 10.3. The molecule has 0 saturated carbocycles. The molecule has 0 radical (unpaired) electrons. The molecule has 29 heavy (non-hydrogen) atoms. The number of halogens is 1. The number of nitrogens with zero attached hydrogens (tertiary/aromatic N) is 2. The number of hydrogen-bond acceptors (Lipinski definition) is 5. The Morgan fingerprint density at radius 1 is 1.24 bits per heavy atom. The highest BCUT2D eigenvalue weighted by molar-refractivity contribution is 14.0. The summed E-state index contributed by atoms with van der Waals surface area (Å²) in [6.45, 7) is 13.7. The van der Waals surface area contributed by atoms with Crippen LogP contribution in [0.5, 0.6) is 11.5 Å². The lowest BCUT2D eigenvalue weighted by Gasteiger charge is -2.25. The number of nitrogens with one attached hydrogen (secondary N) is 2. The third kappa shape index (κ3) is 7.49. The predicted molar refractivity (Wildman–Crippen MR) is 127 cm³/mol. The molecule has 0 bridgehead atoms. The van der Waals surface area contributed by atoms with Gasteiger partial charge in [-0.2, -0.15) is 0 Å². The topological polar surface area (TPSA) is 67.4 Å². The van der Waals surface area contributed by atoms with Crippen LogP contribution in [0, 0.1) is 0 Å². The molecule has 1 saturated heterocycles. The third-order valence-electron chi connectivity index (χ3n) is 4.84. The van der Waals surface area contributed by atoms with Crippen molar-refractivity contribution in [3.05, 3.63) is 23.8 Å². The van der Waals surface area contributed by atoms with Crippen LogP contribution in [0.25, 0.3) is 0 Å². The zero-order valence-electron chi connectivity index (χ0n) is 17.8. The highest BCUT2D eigenvalue weighted by Gasteiger charge is 2.32. The van der Waals surface area contributed by atoms with Crippen molar-refractivity contribution in [1.29, 1.82) is 0 Å². The maximum absolute atomic E-state index is 6.06. The quantitative estimate of drug-likeness (QED) is 0.238. The monoisotopic (exact) mass is 518 g/mol. The Morgan fingerprint density at radius 2 is 2.03 bits per heavy atom. The van der Waals surface area contributed by atoms with Gasteiger partial charge in [0.2, 0.25) is 0 Å². The fourth-order valence-corrected chi connectivity index (χ4v) is 3.50. The van der Waals surface area contributed by atoms with Crippen LogP contribution in [-0.2, 0) is 11.2 Å². The SMILES string of the molecule is CCNC(=NCCN1CCOCC1)NCCOc1cccc2c1OC(C)(C)C2.I. The minimum absolute atomic E-state index is 0. The molecule has 0 amide bonds. The molecule has 0 aromatic heterocycles. The summed E-state index contributed by atoms with van der Waals surface area (Å²) in [6.07, 6.45) is 0.915. The van der Waals surface area contributed by atoms with E-state index in [0.717, 1.165) is 69.8 Å². The number of ether oxygens (including phenoxy) is 3. The molecule has 1 aromatic carbocycles. The second-order valence-corrected chi connectivity index (χ2v) is 7.77. The molecule has 2 aliphatic heterocycles. The van der Waals surface area contributed by atoms with E-state index < -0.39 is 0 Å². The fraction of sp³-hybridized carbons (Fsp3) is 0.667. The normalized spacial score (nSPS) is 18.4. The van der Waals surface area contributed by atoms with Crippen molar-refractivity contribution in [2.45, 2.75) is 32.8 Å². The summed E-state index contributed by atoms with van der Waals surface area (Å²) >= 11 is 0.